The number of carboxylic acids is 2. The molecule has 5 N–H and O–H groups in total. The summed E-state index contributed by atoms with van der Waals surface area (Å²) < 4.78 is 29.0. The summed E-state index contributed by atoms with van der Waals surface area (Å²) in [6.07, 6.45) is 1.15. The zero-order valence-electron chi connectivity index (χ0n) is 22.8. The first-order chi connectivity index (χ1) is 21.0. The number of hydrogen-bond donors (Lipinski definition) is 5. The molecule has 0 bridgehead atoms. The van der Waals surface area contributed by atoms with Gasteiger partial charge in [0.05, 0.1) is 18.3 Å². The van der Waals surface area contributed by atoms with Gasteiger partial charge in [-0.1, -0.05) is 36.4 Å². The van der Waals surface area contributed by atoms with Crippen LogP contribution in [0.5, 0.6) is 5.75 Å². The number of carboxylic acid groups (broad SMARTS) is 2. The van der Waals surface area contributed by atoms with Crippen molar-refractivity contribution >= 4 is 29.6 Å². The van der Waals surface area contributed by atoms with Crippen LogP contribution in [0.15, 0.2) is 76.6 Å². The predicted octanol–water partition coefficient (Wildman–Crippen LogP) is 4.12. The van der Waals surface area contributed by atoms with E-state index in [0.29, 0.717) is 16.7 Å². The van der Waals surface area contributed by atoms with Crippen molar-refractivity contribution in [2.75, 3.05) is 13.2 Å². The number of halogens is 2. The number of carbonyl (C=O) groups excluding carboxylic acids is 1. The Morgan fingerprint density at radius 1 is 1.02 bits per heavy atom. The van der Waals surface area contributed by atoms with Crippen LogP contribution >= 0.6 is 11.8 Å². The summed E-state index contributed by atoms with van der Waals surface area (Å²) in [5.41, 5.74) is 0.341. The van der Waals surface area contributed by atoms with Crippen molar-refractivity contribution < 1.29 is 38.5 Å². The number of aromatic hydroxyl groups is 1. The van der Waals surface area contributed by atoms with Gasteiger partial charge in [0.15, 0.2) is 23.1 Å². The quantitative estimate of drug-likeness (QED) is 0.173. The molecular formula is C31H25F2N3O7S. The second-order valence-electron chi connectivity index (χ2n) is 10.00. The second-order valence-corrected chi connectivity index (χ2v) is 11.0. The lowest BCUT2D eigenvalue weighted by Gasteiger charge is -2.27. The van der Waals surface area contributed by atoms with Gasteiger partial charge in [0.1, 0.15) is 6.54 Å². The van der Waals surface area contributed by atoms with Gasteiger partial charge < -0.3 is 25.2 Å². The molecule has 13 heteroatoms. The number of H-pyrrole nitrogens is 1. The van der Waals surface area contributed by atoms with Crippen molar-refractivity contribution in [3.8, 4) is 5.75 Å². The normalized spacial score (nSPS) is 13.8. The summed E-state index contributed by atoms with van der Waals surface area (Å²) in [5, 5.41) is 32.5. The average molecular weight is 622 g/mol. The topological polar surface area (TPSA) is 160 Å². The number of thioether (sulfide) groups is 1. The number of carbonyl (C=O) groups is 3. The molecule has 2 heterocycles. The number of benzene rings is 3. The van der Waals surface area contributed by atoms with Crippen LogP contribution in [-0.2, 0) is 17.0 Å². The van der Waals surface area contributed by atoms with Crippen molar-refractivity contribution in [3.05, 3.63) is 128 Å². The Balaban J connectivity index is 1.43. The molecule has 0 fully saturated rings. The molecule has 1 aromatic heterocycles. The summed E-state index contributed by atoms with van der Waals surface area (Å²) in [5.74, 6) is -6.31. The van der Waals surface area contributed by atoms with Gasteiger partial charge in [-0.2, -0.15) is 0 Å². The van der Waals surface area contributed by atoms with E-state index in [9.17, 15) is 43.3 Å². The van der Waals surface area contributed by atoms with Crippen molar-refractivity contribution in [2.24, 2.45) is 0 Å². The Labute approximate surface area is 253 Å². The van der Waals surface area contributed by atoms with Crippen LogP contribution in [0.1, 0.15) is 54.7 Å². The van der Waals surface area contributed by atoms with Crippen LogP contribution in [0.3, 0.4) is 0 Å². The zero-order valence-corrected chi connectivity index (χ0v) is 23.7. The fraction of sp³-hybridized carbons (Fsp3) is 0.161. The van der Waals surface area contributed by atoms with Gasteiger partial charge in [-0.3, -0.25) is 19.7 Å². The maximum absolute atomic E-state index is 14.8. The minimum Gasteiger partial charge on any atom is -0.503 e. The first-order valence-electron chi connectivity index (χ1n) is 13.2. The minimum atomic E-state index is -1.37. The monoisotopic (exact) mass is 621 g/mol. The highest BCUT2D eigenvalue weighted by Crippen LogP contribution is 2.40. The summed E-state index contributed by atoms with van der Waals surface area (Å²) in [6, 6.07) is 14.7. The Hall–Kier alpha value is -5.01. The lowest BCUT2D eigenvalue weighted by atomic mass is 9.94. The predicted molar refractivity (Wildman–Crippen MR) is 156 cm³/mol. The SMILES string of the molecule is O=C(O)CN(CN[C@H]1c2ccccc2SCc2c1ccc(F)c2F)C(=O)c1[nH]cc(Cc2cccc(C(=O)O)c2)c(=O)c1O. The first kappa shape index (κ1) is 30.4. The molecule has 3 aromatic carbocycles. The molecule has 5 rings (SSSR count). The van der Waals surface area contributed by atoms with Gasteiger partial charge in [-0.05, 0) is 41.0 Å². The van der Waals surface area contributed by atoms with E-state index >= 15 is 0 Å². The Kier molecular flexibility index (Phi) is 8.78. The van der Waals surface area contributed by atoms with E-state index in [4.69, 9.17) is 0 Å². The number of aromatic amines is 1. The fourth-order valence-electron chi connectivity index (χ4n) is 5.02. The third-order valence-electron chi connectivity index (χ3n) is 7.16. The first-order valence-corrected chi connectivity index (χ1v) is 14.2. The van der Waals surface area contributed by atoms with Crippen molar-refractivity contribution in [3.63, 3.8) is 0 Å². The molecule has 10 nitrogen and oxygen atoms in total. The number of aromatic carboxylic acids is 1. The number of aliphatic carboxylic acids is 1. The van der Waals surface area contributed by atoms with Crippen molar-refractivity contribution in [1.82, 2.24) is 15.2 Å². The van der Waals surface area contributed by atoms with E-state index in [1.807, 2.05) is 6.07 Å². The summed E-state index contributed by atoms with van der Waals surface area (Å²) in [7, 11) is 0. The largest absolute Gasteiger partial charge is 0.503 e. The van der Waals surface area contributed by atoms with Crippen LogP contribution in [0.2, 0.25) is 0 Å². The molecule has 0 spiro atoms. The molecule has 1 atom stereocenters. The molecule has 1 aliphatic rings. The van der Waals surface area contributed by atoms with Crippen molar-refractivity contribution in [1.29, 1.82) is 0 Å². The lowest BCUT2D eigenvalue weighted by molar-refractivity contribution is -0.137. The fourth-order valence-corrected chi connectivity index (χ4v) is 6.14. The molecule has 0 aliphatic carbocycles. The number of aromatic nitrogens is 1. The number of amides is 1. The third kappa shape index (κ3) is 6.19. The Morgan fingerprint density at radius 2 is 1.80 bits per heavy atom. The van der Waals surface area contributed by atoms with E-state index in [2.05, 4.69) is 10.3 Å². The second kappa shape index (κ2) is 12.7. The van der Waals surface area contributed by atoms with E-state index < -0.39 is 65.6 Å². The lowest BCUT2D eigenvalue weighted by Crippen LogP contribution is -2.44. The summed E-state index contributed by atoms with van der Waals surface area (Å²) >= 11 is 1.31. The van der Waals surface area contributed by atoms with Gasteiger partial charge in [0, 0.05) is 34.4 Å². The molecule has 226 valence electrons. The molecular weight excluding hydrogens is 596 g/mol. The molecule has 1 amide bonds. The number of nitrogens with one attached hydrogen (secondary N) is 2. The van der Waals surface area contributed by atoms with E-state index in [0.717, 1.165) is 15.9 Å². The number of fused-ring (bicyclic) bond motifs is 2. The summed E-state index contributed by atoms with van der Waals surface area (Å²) in [6.45, 7) is -1.22. The van der Waals surface area contributed by atoms with Crippen LogP contribution in [0.4, 0.5) is 8.78 Å². The average Bonchev–Trinajstić information content (AvgIpc) is 3.16. The van der Waals surface area contributed by atoms with Gasteiger partial charge in [0.25, 0.3) is 5.91 Å². The molecule has 0 saturated carbocycles. The zero-order chi connectivity index (χ0) is 31.5. The maximum atomic E-state index is 14.8. The van der Waals surface area contributed by atoms with E-state index in [-0.39, 0.29) is 28.9 Å². The van der Waals surface area contributed by atoms with Gasteiger partial charge in [-0.15, -0.1) is 11.8 Å². The standard InChI is InChI=1S/C31H25F2N3O7S/c32-22-9-8-19-21(25(22)33)14-44-23-7-2-1-6-20(23)26(19)35-15-36(13-24(37)38)30(41)27-29(40)28(39)18(12-34-27)11-16-4-3-5-17(10-16)31(42)43/h1-10,12,26,35,40H,11,13-15H2,(H,34,39)(H,37,38)(H,42,43)/t26-/m1/s1. The van der Waals surface area contributed by atoms with Crippen LogP contribution < -0.4 is 10.7 Å². The molecule has 4 aromatic rings. The Bertz CT molecular complexity index is 1850. The maximum Gasteiger partial charge on any atom is 0.335 e. The van der Waals surface area contributed by atoms with Gasteiger partial charge >= 0.3 is 11.9 Å². The number of pyridine rings is 1. The van der Waals surface area contributed by atoms with E-state index in [1.165, 1.54) is 42.2 Å². The summed E-state index contributed by atoms with van der Waals surface area (Å²) in [4.78, 5) is 53.7. The van der Waals surface area contributed by atoms with E-state index in [1.54, 1.807) is 24.3 Å². The van der Waals surface area contributed by atoms with Crippen LogP contribution in [0.25, 0.3) is 0 Å². The molecule has 44 heavy (non-hydrogen) atoms. The van der Waals surface area contributed by atoms with Gasteiger partial charge in [0.2, 0.25) is 5.43 Å². The van der Waals surface area contributed by atoms with Crippen LogP contribution in [0, 0.1) is 11.6 Å². The highest BCUT2D eigenvalue weighted by molar-refractivity contribution is 7.98. The highest BCUT2D eigenvalue weighted by atomic mass is 32.2. The number of nitrogens with zero attached hydrogens (tertiary/aromatic N) is 1. The van der Waals surface area contributed by atoms with Crippen LogP contribution in [-0.4, -0.2) is 56.3 Å². The third-order valence-corrected chi connectivity index (χ3v) is 8.28. The molecule has 1 aliphatic heterocycles. The molecule has 0 saturated heterocycles. The van der Waals surface area contributed by atoms with Crippen molar-refractivity contribution in [2.45, 2.75) is 23.1 Å². The highest BCUT2D eigenvalue weighted by Gasteiger charge is 2.30. The molecule has 0 unspecified atom stereocenters. The Morgan fingerprint density at radius 3 is 2.55 bits per heavy atom. The number of rotatable bonds is 9. The minimum absolute atomic E-state index is 0.0112. The molecule has 0 radical (unpaired) electrons. The number of hydrogen-bond acceptors (Lipinski definition) is 7. The van der Waals surface area contributed by atoms with Gasteiger partial charge in [-0.25, -0.2) is 13.6 Å². The smallest absolute Gasteiger partial charge is 0.335 e.